The van der Waals surface area contributed by atoms with Crippen molar-refractivity contribution in [1.29, 1.82) is 0 Å². The first-order valence-electron chi connectivity index (χ1n) is 9.64. The van der Waals surface area contributed by atoms with Crippen LogP contribution in [0.15, 0.2) is 66.7 Å². The Kier molecular flexibility index (Phi) is 7.21. The van der Waals surface area contributed by atoms with Gasteiger partial charge >= 0.3 is 0 Å². The lowest BCUT2D eigenvalue weighted by molar-refractivity contribution is 0.269. The number of rotatable bonds is 9. The first-order chi connectivity index (χ1) is 13.7. The van der Waals surface area contributed by atoms with E-state index in [2.05, 4.69) is 42.6 Å². The molecule has 0 aromatic heterocycles. The largest absolute Gasteiger partial charge is 0.490 e. The van der Waals surface area contributed by atoms with E-state index in [1.54, 1.807) is 0 Å². The number of ether oxygens (including phenoxy) is 2. The number of hydrogen-bond donors (Lipinski definition) is 1. The molecule has 3 nitrogen and oxygen atoms in total. The second-order valence-electron chi connectivity index (χ2n) is 6.49. The SMILES string of the molecule is CCOc1cc(CNc2ccccc2CC)ccc1OCc1ccc(Cl)cc1. The minimum absolute atomic E-state index is 0.471. The van der Waals surface area contributed by atoms with E-state index < -0.39 is 0 Å². The van der Waals surface area contributed by atoms with Crippen LogP contribution in [0.25, 0.3) is 0 Å². The zero-order chi connectivity index (χ0) is 19.8. The maximum absolute atomic E-state index is 5.98. The van der Waals surface area contributed by atoms with E-state index in [4.69, 9.17) is 21.1 Å². The Morgan fingerprint density at radius 2 is 1.57 bits per heavy atom. The molecule has 0 bridgehead atoms. The summed E-state index contributed by atoms with van der Waals surface area (Å²) >= 11 is 5.94. The number of benzene rings is 3. The minimum atomic E-state index is 0.471. The van der Waals surface area contributed by atoms with Crippen LogP contribution in [0.3, 0.4) is 0 Å². The van der Waals surface area contributed by atoms with Crippen molar-refractivity contribution in [3.63, 3.8) is 0 Å². The molecular weight excluding hydrogens is 370 g/mol. The number of anilines is 1. The maximum atomic E-state index is 5.98. The van der Waals surface area contributed by atoms with Crippen LogP contribution in [0.4, 0.5) is 5.69 Å². The Morgan fingerprint density at radius 3 is 2.32 bits per heavy atom. The highest BCUT2D eigenvalue weighted by molar-refractivity contribution is 6.30. The molecule has 0 aliphatic carbocycles. The Labute approximate surface area is 172 Å². The van der Waals surface area contributed by atoms with Gasteiger partial charge in [-0.15, -0.1) is 0 Å². The van der Waals surface area contributed by atoms with Crippen molar-refractivity contribution in [2.24, 2.45) is 0 Å². The van der Waals surface area contributed by atoms with Gasteiger partial charge < -0.3 is 14.8 Å². The van der Waals surface area contributed by atoms with Gasteiger partial charge in [0.15, 0.2) is 11.5 Å². The molecule has 28 heavy (non-hydrogen) atoms. The number of aryl methyl sites for hydroxylation is 1. The number of nitrogens with one attached hydrogen (secondary N) is 1. The van der Waals surface area contributed by atoms with Crippen LogP contribution >= 0.6 is 11.6 Å². The first-order valence-corrected chi connectivity index (χ1v) is 10.0. The summed E-state index contributed by atoms with van der Waals surface area (Å²) in [6.07, 6.45) is 1.00. The molecule has 4 heteroatoms. The average Bonchev–Trinajstić information content (AvgIpc) is 2.73. The first kappa shape index (κ1) is 20.1. The van der Waals surface area contributed by atoms with Gasteiger partial charge in [0, 0.05) is 17.3 Å². The van der Waals surface area contributed by atoms with Crippen molar-refractivity contribution in [3.05, 3.63) is 88.4 Å². The highest BCUT2D eigenvalue weighted by Gasteiger charge is 2.08. The molecule has 0 heterocycles. The molecule has 0 saturated carbocycles. The van der Waals surface area contributed by atoms with Gasteiger partial charge in [-0.05, 0) is 60.4 Å². The number of hydrogen-bond acceptors (Lipinski definition) is 3. The van der Waals surface area contributed by atoms with Crippen molar-refractivity contribution in [3.8, 4) is 11.5 Å². The predicted molar refractivity (Wildman–Crippen MR) is 117 cm³/mol. The molecule has 0 atom stereocenters. The van der Waals surface area contributed by atoms with Gasteiger partial charge in [0.05, 0.1) is 6.61 Å². The van der Waals surface area contributed by atoms with Gasteiger partial charge in [0.2, 0.25) is 0 Å². The van der Waals surface area contributed by atoms with E-state index in [0.717, 1.165) is 40.6 Å². The summed E-state index contributed by atoms with van der Waals surface area (Å²) in [7, 11) is 0. The van der Waals surface area contributed by atoms with E-state index in [1.165, 1.54) is 11.3 Å². The zero-order valence-electron chi connectivity index (χ0n) is 16.4. The van der Waals surface area contributed by atoms with E-state index in [-0.39, 0.29) is 0 Å². The molecular formula is C24H26ClNO2. The van der Waals surface area contributed by atoms with Crippen LogP contribution in [0, 0.1) is 0 Å². The quantitative estimate of drug-likeness (QED) is 0.449. The van der Waals surface area contributed by atoms with Crippen molar-refractivity contribution < 1.29 is 9.47 Å². The van der Waals surface area contributed by atoms with Crippen molar-refractivity contribution in [2.45, 2.75) is 33.4 Å². The lowest BCUT2D eigenvalue weighted by Gasteiger charge is -2.15. The average molecular weight is 396 g/mol. The normalized spacial score (nSPS) is 10.5. The third-order valence-corrected chi connectivity index (χ3v) is 4.75. The van der Waals surface area contributed by atoms with Crippen LogP contribution in [0.5, 0.6) is 11.5 Å². The molecule has 3 aromatic rings. The summed E-state index contributed by atoms with van der Waals surface area (Å²) < 4.78 is 11.8. The molecule has 1 N–H and O–H groups in total. The molecule has 0 radical (unpaired) electrons. The molecule has 146 valence electrons. The highest BCUT2D eigenvalue weighted by atomic mass is 35.5. The van der Waals surface area contributed by atoms with Gasteiger partial charge in [-0.3, -0.25) is 0 Å². The summed E-state index contributed by atoms with van der Waals surface area (Å²) in [5.74, 6) is 1.51. The molecule has 0 aliphatic rings. The summed E-state index contributed by atoms with van der Waals surface area (Å²) in [4.78, 5) is 0. The van der Waals surface area contributed by atoms with Gasteiger partial charge in [-0.2, -0.15) is 0 Å². The molecule has 0 amide bonds. The third kappa shape index (κ3) is 5.43. The Morgan fingerprint density at radius 1 is 0.821 bits per heavy atom. The van der Waals surface area contributed by atoms with Crippen molar-refractivity contribution in [1.82, 2.24) is 0 Å². The monoisotopic (exact) mass is 395 g/mol. The molecule has 0 fully saturated rings. The fraction of sp³-hybridized carbons (Fsp3) is 0.250. The Hall–Kier alpha value is -2.65. The van der Waals surface area contributed by atoms with Gasteiger partial charge in [-0.25, -0.2) is 0 Å². The highest BCUT2D eigenvalue weighted by Crippen LogP contribution is 2.30. The van der Waals surface area contributed by atoms with Crippen LogP contribution in [-0.2, 0) is 19.6 Å². The molecule has 0 saturated heterocycles. The van der Waals surface area contributed by atoms with E-state index in [0.29, 0.717) is 13.2 Å². The van der Waals surface area contributed by atoms with E-state index in [9.17, 15) is 0 Å². The Bertz CT molecular complexity index is 893. The van der Waals surface area contributed by atoms with Crippen molar-refractivity contribution >= 4 is 17.3 Å². The molecule has 3 aromatic carbocycles. The smallest absolute Gasteiger partial charge is 0.161 e. The lowest BCUT2D eigenvalue weighted by Crippen LogP contribution is -2.04. The molecule has 0 spiro atoms. The Balaban J connectivity index is 1.68. The summed E-state index contributed by atoms with van der Waals surface area (Å²) in [6.45, 7) is 5.94. The minimum Gasteiger partial charge on any atom is -0.490 e. The topological polar surface area (TPSA) is 30.5 Å². The van der Waals surface area contributed by atoms with Crippen LogP contribution in [0.1, 0.15) is 30.5 Å². The van der Waals surface area contributed by atoms with Gasteiger partial charge in [-0.1, -0.05) is 54.9 Å². The summed E-state index contributed by atoms with van der Waals surface area (Å²) in [6, 6.07) is 22.2. The van der Waals surface area contributed by atoms with E-state index >= 15 is 0 Å². The second-order valence-corrected chi connectivity index (χ2v) is 6.93. The zero-order valence-corrected chi connectivity index (χ0v) is 17.1. The fourth-order valence-electron chi connectivity index (χ4n) is 2.99. The summed E-state index contributed by atoms with van der Waals surface area (Å²) in [5, 5.41) is 4.25. The maximum Gasteiger partial charge on any atom is 0.161 e. The number of para-hydroxylation sites is 1. The van der Waals surface area contributed by atoms with Crippen LogP contribution < -0.4 is 14.8 Å². The van der Waals surface area contributed by atoms with Crippen LogP contribution in [-0.4, -0.2) is 6.61 Å². The standard InChI is InChI=1S/C24H26ClNO2/c1-3-20-7-5-6-8-22(20)26-16-19-11-14-23(24(15-19)27-4-2)28-17-18-9-12-21(25)13-10-18/h5-15,26H,3-4,16-17H2,1-2H3. The predicted octanol–water partition coefficient (Wildman–Crippen LogP) is 6.49. The summed E-state index contributed by atoms with van der Waals surface area (Å²) in [5.41, 5.74) is 4.70. The fourth-order valence-corrected chi connectivity index (χ4v) is 3.12. The van der Waals surface area contributed by atoms with Crippen molar-refractivity contribution in [2.75, 3.05) is 11.9 Å². The lowest BCUT2D eigenvalue weighted by atomic mass is 10.1. The van der Waals surface area contributed by atoms with E-state index in [1.807, 2.05) is 43.3 Å². The van der Waals surface area contributed by atoms with Gasteiger partial charge in [0.1, 0.15) is 6.61 Å². The second kappa shape index (κ2) is 10.0. The number of halogens is 1. The molecule has 0 unspecified atom stereocenters. The van der Waals surface area contributed by atoms with Gasteiger partial charge in [0.25, 0.3) is 0 Å². The third-order valence-electron chi connectivity index (χ3n) is 4.50. The van der Waals surface area contributed by atoms with Crippen LogP contribution in [0.2, 0.25) is 5.02 Å². The molecule has 3 rings (SSSR count). The molecule has 0 aliphatic heterocycles.